The lowest BCUT2D eigenvalue weighted by Crippen LogP contribution is -2.30. The molecular formula is C16H21N3O3S2. The second-order valence-corrected chi connectivity index (χ2v) is 8.50. The van der Waals surface area contributed by atoms with Gasteiger partial charge >= 0.3 is 0 Å². The molecule has 2 aromatic heterocycles. The molecule has 0 aliphatic carbocycles. The summed E-state index contributed by atoms with van der Waals surface area (Å²) in [4.78, 5) is 16.0. The Labute approximate surface area is 146 Å². The molecule has 0 aromatic carbocycles. The molecule has 2 rings (SSSR count). The Morgan fingerprint density at radius 2 is 2.12 bits per heavy atom. The van der Waals surface area contributed by atoms with Gasteiger partial charge in [0.1, 0.15) is 4.21 Å². The van der Waals surface area contributed by atoms with Crippen LogP contribution in [0, 0.1) is 0 Å². The highest BCUT2D eigenvalue weighted by Crippen LogP contribution is 2.19. The number of nitrogens with zero attached hydrogens (tertiary/aromatic N) is 2. The summed E-state index contributed by atoms with van der Waals surface area (Å²) in [5, 5.41) is 4.56. The molecular weight excluding hydrogens is 346 g/mol. The number of rotatable bonds is 9. The van der Waals surface area contributed by atoms with Crippen molar-refractivity contribution in [2.24, 2.45) is 0 Å². The Balaban J connectivity index is 1.67. The van der Waals surface area contributed by atoms with Gasteiger partial charge in [-0.25, -0.2) is 12.7 Å². The van der Waals surface area contributed by atoms with Crippen LogP contribution in [0.5, 0.6) is 0 Å². The van der Waals surface area contributed by atoms with Crippen LogP contribution >= 0.6 is 11.3 Å². The van der Waals surface area contributed by atoms with Crippen molar-refractivity contribution < 1.29 is 13.2 Å². The third-order valence-corrected chi connectivity index (χ3v) is 6.70. The Morgan fingerprint density at radius 3 is 2.79 bits per heavy atom. The second-order valence-electron chi connectivity index (χ2n) is 5.28. The van der Waals surface area contributed by atoms with Crippen LogP contribution in [0.4, 0.5) is 0 Å². The van der Waals surface area contributed by atoms with Gasteiger partial charge in [-0.3, -0.25) is 9.78 Å². The van der Waals surface area contributed by atoms with Crippen LogP contribution in [0.3, 0.4) is 0 Å². The average Bonchev–Trinajstić information content (AvgIpc) is 3.11. The number of sulfonamides is 1. The quantitative estimate of drug-likeness (QED) is 0.734. The molecule has 130 valence electrons. The summed E-state index contributed by atoms with van der Waals surface area (Å²) in [6.07, 6.45) is 3.18. The van der Waals surface area contributed by atoms with Crippen molar-refractivity contribution in [3.8, 4) is 0 Å². The van der Waals surface area contributed by atoms with Gasteiger partial charge in [0, 0.05) is 44.9 Å². The molecule has 6 nitrogen and oxygen atoms in total. The van der Waals surface area contributed by atoms with E-state index in [2.05, 4.69) is 10.3 Å². The fourth-order valence-electron chi connectivity index (χ4n) is 2.11. The van der Waals surface area contributed by atoms with Gasteiger partial charge in [0.2, 0.25) is 5.91 Å². The molecule has 0 saturated carbocycles. The lowest BCUT2D eigenvalue weighted by molar-refractivity contribution is -0.121. The van der Waals surface area contributed by atoms with Crippen molar-refractivity contribution in [2.45, 2.75) is 23.5 Å². The van der Waals surface area contributed by atoms with E-state index in [1.165, 1.54) is 22.7 Å². The number of hydrogen-bond donors (Lipinski definition) is 1. The summed E-state index contributed by atoms with van der Waals surface area (Å²) in [6.45, 7) is 0.840. The second kappa shape index (κ2) is 8.91. The fraction of sp³-hybridized carbons (Fsp3) is 0.375. The number of carbonyl (C=O) groups excluding carboxylic acids is 1. The zero-order chi connectivity index (χ0) is 17.4. The molecule has 0 atom stereocenters. The van der Waals surface area contributed by atoms with Crippen molar-refractivity contribution in [3.05, 3.63) is 47.6 Å². The van der Waals surface area contributed by atoms with Gasteiger partial charge in [0.25, 0.3) is 10.0 Å². The summed E-state index contributed by atoms with van der Waals surface area (Å²) >= 11 is 1.19. The zero-order valence-corrected chi connectivity index (χ0v) is 15.1. The molecule has 24 heavy (non-hydrogen) atoms. The Morgan fingerprint density at radius 1 is 1.29 bits per heavy atom. The summed E-state index contributed by atoms with van der Waals surface area (Å²) in [7, 11) is -1.90. The van der Waals surface area contributed by atoms with Gasteiger partial charge < -0.3 is 5.32 Å². The molecule has 0 saturated heterocycles. The van der Waals surface area contributed by atoms with Gasteiger partial charge in [-0.2, -0.15) is 0 Å². The van der Waals surface area contributed by atoms with Crippen LogP contribution in [0.15, 0.2) is 46.1 Å². The van der Waals surface area contributed by atoms with Crippen molar-refractivity contribution >= 4 is 27.3 Å². The van der Waals surface area contributed by atoms with Crippen LogP contribution in [-0.4, -0.2) is 43.8 Å². The highest BCUT2D eigenvalue weighted by Gasteiger charge is 2.21. The Bertz CT molecular complexity index is 731. The zero-order valence-electron chi connectivity index (χ0n) is 13.5. The van der Waals surface area contributed by atoms with Gasteiger partial charge in [-0.15, -0.1) is 11.3 Å². The van der Waals surface area contributed by atoms with Gasteiger partial charge in [-0.1, -0.05) is 12.1 Å². The number of amides is 1. The van der Waals surface area contributed by atoms with Crippen LogP contribution in [-0.2, 0) is 21.2 Å². The maximum atomic E-state index is 12.2. The average molecular weight is 367 g/mol. The lowest BCUT2D eigenvalue weighted by Gasteiger charge is -2.15. The number of carbonyl (C=O) groups is 1. The molecule has 0 aliphatic heterocycles. The monoisotopic (exact) mass is 367 g/mol. The van der Waals surface area contributed by atoms with Crippen molar-refractivity contribution in [1.82, 2.24) is 14.6 Å². The molecule has 0 bridgehead atoms. The highest BCUT2D eigenvalue weighted by molar-refractivity contribution is 7.91. The molecule has 0 fully saturated rings. The number of aromatic nitrogens is 1. The van der Waals surface area contributed by atoms with Crippen molar-refractivity contribution in [2.75, 3.05) is 20.1 Å². The van der Waals surface area contributed by atoms with Crippen LogP contribution in [0.25, 0.3) is 0 Å². The highest BCUT2D eigenvalue weighted by atomic mass is 32.2. The van der Waals surface area contributed by atoms with Gasteiger partial charge in [0.15, 0.2) is 0 Å². The van der Waals surface area contributed by atoms with Crippen LogP contribution in [0.2, 0.25) is 0 Å². The lowest BCUT2D eigenvalue weighted by atomic mass is 10.2. The maximum absolute atomic E-state index is 12.2. The number of hydrogen-bond acceptors (Lipinski definition) is 5. The minimum Gasteiger partial charge on any atom is -0.356 e. The molecule has 1 amide bonds. The fourth-order valence-corrected chi connectivity index (χ4v) is 4.52. The number of nitrogens with one attached hydrogen (secondary N) is 1. The summed E-state index contributed by atoms with van der Waals surface area (Å²) in [5.74, 6) is -0.0761. The number of thiophene rings is 1. The number of pyridine rings is 1. The van der Waals surface area contributed by atoms with Crippen molar-refractivity contribution in [1.29, 1.82) is 0 Å². The van der Waals surface area contributed by atoms with E-state index in [1.807, 2.05) is 18.2 Å². The van der Waals surface area contributed by atoms with Crippen molar-refractivity contribution in [3.63, 3.8) is 0 Å². The normalized spacial score (nSPS) is 11.6. The summed E-state index contributed by atoms with van der Waals surface area (Å²) in [6, 6.07) is 8.97. The van der Waals surface area contributed by atoms with E-state index < -0.39 is 10.0 Å². The molecule has 2 heterocycles. The van der Waals surface area contributed by atoms with E-state index in [4.69, 9.17) is 0 Å². The van der Waals surface area contributed by atoms with Gasteiger partial charge in [0.05, 0.1) is 0 Å². The molecule has 8 heteroatoms. The molecule has 2 aromatic rings. The van der Waals surface area contributed by atoms with Crippen LogP contribution in [0.1, 0.15) is 18.5 Å². The third kappa shape index (κ3) is 5.40. The maximum Gasteiger partial charge on any atom is 0.252 e. The van der Waals surface area contributed by atoms with E-state index in [0.717, 1.165) is 5.69 Å². The minimum absolute atomic E-state index is 0.0761. The smallest absolute Gasteiger partial charge is 0.252 e. The molecule has 1 N–H and O–H groups in total. The van der Waals surface area contributed by atoms with E-state index in [1.54, 1.807) is 23.7 Å². The molecule has 0 spiro atoms. The first-order chi connectivity index (χ1) is 11.5. The first-order valence-electron chi connectivity index (χ1n) is 7.66. The Hall–Kier alpha value is -1.77. The predicted molar refractivity (Wildman–Crippen MR) is 94.3 cm³/mol. The standard InChI is InChI=1S/C16H21N3O3S2/c1-19(24(21,22)16-8-5-13-23-16)12-4-7-15(20)18-11-9-14-6-2-3-10-17-14/h2-3,5-6,8,10,13H,4,7,9,11-12H2,1H3,(H,18,20). The molecule has 0 radical (unpaired) electrons. The molecule has 0 aliphatic rings. The summed E-state index contributed by atoms with van der Waals surface area (Å²) < 4.78 is 26.1. The van der Waals surface area contributed by atoms with E-state index in [9.17, 15) is 13.2 Å². The third-order valence-electron chi connectivity index (χ3n) is 3.47. The first-order valence-corrected chi connectivity index (χ1v) is 9.98. The largest absolute Gasteiger partial charge is 0.356 e. The minimum atomic E-state index is -3.43. The topological polar surface area (TPSA) is 79.4 Å². The summed E-state index contributed by atoms with van der Waals surface area (Å²) in [5.41, 5.74) is 0.930. The molecule has 0 unspecified atom stereocenters. The van der Waals surface area contributed by atoms with E-state index >= 15 is 0 Å². The Kier molecular flexibility index (Phi) is 6.89. The SMILES string of the molecule is CN(CCCC(=O)NCCc1ccccn1)S(=O)(=O)c1cccs1. The van der Waals surface area contributed by atoms with Crippen LogP contribution < -0.4 is 5.32 Å². The van der Waals surface area contributed by atoms with Gasteiger partial charge in [-0.05, 0) is 30.0 Å². The van der Waals surface area contributed by atoms with E-state index in [0.29, 0.717) is 36.6 Å². The first kappa shape index (κ1) is 18.6. The van der Waals surface area contributed by atoms with E-state index in [-0.39, 0.29) is 5.91 Å². The predicted octanol–water partition coefficient (Wildman–Crippen LogP) is 1.90.